The average Bonchev–Trinajstić information content (AvgIpc) is 3.25. The Balaban J connectivity index is 1.60. The van der Waals surface area contributed by atoms with Crippen LogP contribution >= 0.6 is 0 Å². The van der Waals surface area contributed by atoms with Crippen LogP contribution in [0.4, 0.5) is 4.79 Å². The summed E-state index contributed by atoms with van der Waals surface area (Å²) in [4.78, 5) is 33.6. The normalized spacial score (nSPS) is 17.9. The summed E-state index contributed by atoms with van der Waals surface area (Å²) in [7, 11) is 0. The Bertz CT molecular complexity index is 377. The third kappa shape index (κ3) is 5.19. The minimum atomic E-state index is -0.861. The maximum atomic E-state index is 11.7. The van der Waals surface area contributed by atoms with E-state index in [1.807, 2.05) is 0 Å². The molecule has 20 heavy (non-hydrogen) atoms. The van der Waals surface area contributed by atoms with Crippen molar-refractivity contribution in [2.75, 3.05) is 0 Å². The number of carboxylic acids is 1. The fourth-order valence-corrected chi connectivity index (χ4v) is 2.47. The first-order chi connectivity index (χ1) is 9.56. The highest BCUT2D eigenvalue weighted by Crippen LogP contribution is 2.44. The molecular formula is C14H22N2O4. The number of rotatable bonds is 8. The van der Waals surface area contributed by atoms with Gasteiger partial charge >= 0.3 is 12.0 Å². The Morgan fingerprint density at radius 1 is 1.00 bits per heavy atom. The van der Waals surface area contributed by atoms with Gasteiger partial charge in [0.1, 0.15) is 0 Å². The number of nitrogens with one attached hydrogen (secondary N) is 2. The van der Waals surface area contributed by atoms with Crippen LogP contribution in [0.1, 0.15) is 51.4 Å². The zero-order chi connectivity index (χ0) is 14.5. The van der Waals surface area contributed by atoms with Crippen LogP contribution in [0.15, 0.2) is 0 Å². The molecule has 2 rings (SSSR count). The van der Waals surface area contributed by atoms with Crippen molar-refractivity contribution in [1.29, 1.82) is 0 Å². The van der Waals surface area contributed by atoms with Gasteiger partial charge in [-0.05, 0) is 50.4 Å². The lowest BCUT2D eigenvalue weighted by molar-refractivity contribution is -0.137. The van der Waals surface area contributed by atoms with Crippen molar-refractivity contribution in [1.82, 2.24) is 10.6 Å². The Morgan fingerprint density at radius 3 is 2.05 bits per heavy atom. The van der Waals surface area contributed by atoms with E-state index in [4.69, 9.17) is 5.11 Å². The third-order valence-electron chi connectivity index (χ3n) is 3.85. The lowest BCUT2D eigenvalue weighted by Crippen LogP contribution is -2.46. The van der Waals surface area contributed by atoms with Crippen molar-refractivity contribution < 1.29 is 19.5 Å². The number of hydrogen-bond donors (Lipinski definition) is 3. The van der Waals surface area contributed by atoms with Crippen molar-refractivity contribution in [2.45, 2.75) is 57.4 Å². The maximum Gasteiger partial charge on any atom is 0.321 e. The number of imide groups is 1. The lowest BCUT2D eigenvalue weighted by Gasteiger charge is -2.17. The van der Waals surface area contributed by atoms with Gasteiger partial charge in [-0.3, -0.25) is 14.9 Å². The van der Waals surface area contributed by atoms with E-state index in [-0.39, 0.29) is 24.8 Å². The molecule has 0 heterocycles. The summed E-state index contributed by atoms with van der Waals surface area (Å²) in [6.45, 7) is 0. The SMILES string of the molecule is O=C(O)CCCCC(=O)NC(=O)NC(C1CC1)C1CC1. The molecule has 3 amide bonds. The molecule has 112 valence electrons. The van der Waals surface area contributed by atoms with E-state index >= 15 is 0 Å². The second-order valence-corrected chi connectivity index (χ2v) is 5.82. The Hall–Kier alpha value is -1.59. The molecule has 0 radical (unpaired) electrons. The molecule has 0 aromatic heterocycles. The van der Waals surface area contributed by atoms with Gasteiger partial charge in [-0.1, -0.05) is 0 Å². The number of hydrogen-bond acceptors (Lipinski definition) is 3. The summed E-state index contributed by atoms with van der Waals surface area (Å²) in [5.41, 5.74) is 0. The van der Waals surface area contributed by atoms with Crippen LogP contribution in [0.25, 0.3) is 0 Å². The first-order valence-corrected chi connectivity index (χ1v) is 7.38. The van der Waals surface area contributed by atoms with E-state index in [2.05, 4.69) is 10.6 Å². The summed E-state index contributed by atoms with van der Waals surface area (Å²) in [6.07, 6.45) is 5.88. The first kappa shape index (κ1) is 14.8. The van der Waals surface area contributed by atoms with Gasteiger partial charge in [0, 0.05) is 18.9 Å². The summed E-state index contributed by atoms with van der Waals surface area (Å²) >= 11 is 0. The number of urea groups is 1. The van der Waals surface area contributed by atoms with Crippen LogP contribution < -0.4 is 10.6 Å². The molecule has 2 aliphatic rings. The number of carbonyl (C=O) groups excluding carboxylic acids is 2. The Kier molecular flexibility index (Phi) is 4.98. The summed E-state index contributed by atoms with van der Waals surface area (Å²) in [5.74, 6) is -0.00377. The Morgan fingerprint density at radius 2 is 1.55 bits per heavy atom. The van der Waals surface area contributed by atoms with E-state index in [0.717, 1.165) is 0 Å². The first-order valence-electron chi connectivity index (χ1n) is 7.38. The minimum absolute atomic E-state index is 0.0604. The standard InChI is InChI=1S/C14H22N2O4/c17-11(3-1-2-4-12(18)19)15-14(20)16-13(9-5-6-9)10-7-8-10/h9-10,13H,1-8H2,(H,18,19)(H2,15,16,17,20). The van der Waals surface area contributed by atoms with Crippen LogP contribution in [0.5, 0.6) is 0 Å². The second kappa shape index (κ2) is 6.72. The van der Waals surface area contributed by atoms with Gasteiger partial charge in [0.25, 0.3) is 0 Å². The van der Waals surface area contributed by atoms with Gasteiger partial charge in [0.2, 0.25) is 5.91 Å². The van der Waals surface area contributed by atoms with Gasteiger partial charge in [0.05, 0.1) is 0 Å². The summed E-state index contributed by atoms with van der Waals surface area (Å²) in [6, 6.07) is -0.174. The molecule has 0 atom stereocenters. The van der Waals surface area contributed by atoms with E-state index in [1.165, 1.54) is 25.7 Å². The summed E-state index contributed by atoms with van der Waals surface area (Å²) in [5, 5.41) is 13.7. The summed E-state index contributed by atoms with van der Waals surface area (Å²) < 4.78 is 0. The number of aliphatic carboxylic acids is 1. The molecule has 2 fully saturated rings. The minimum Gasteiger partial charge on any atom is -0.481 e. The molecule has 0 aliphatic heterocycles. The number of carbonyl (C=O) groups is 3. The molecule has 6 nitrogen and oxygen atoms in total. The van der Waals surface area contributed by atoms with Crippen molar-refractivity contribution >= 4 is 17.9 Å². The fraction of sp³-hybridized carbons (Fsp3) is 0.786. The lowest BCUT2D eigenvalue weighted by atomic mass is 10.1. The van der Waals surface area contributed by atoms with E-state index in [0.29, 0.717) is 24.7 Å². The quantitative estimate of drug-likeness (QED) is 0.590. The molecule has 0 bridgehead atoms. The zero-order valence-corrected chi connectivity index (χ0v) is 11.6. The van der Waals surface area contributed by atoms with Crippen molar-refractivity contribution in [3.05, 3.63) is 0 Å². The number of unbranched alkanes of at least 4 members (excludes halogenated alkanes) is 1. The molecule has 0 unspecified atom stereocenters. The molecule has 0 aromatic carbocycles. The van der Waals surface area contributed by atoms with E-state index in [1.54, 1.807) is 0 Å². The maximum absolute atomic E-state index is 11.7. The number of amides is 3. The highest BCUT2D eigenvalue weighted by atomic mass is 16.4. The predicted octanol–water partition coefficient (Wildman–Crippen LogP) is 1.65. The van der Waals surface area contributed by atoms with Crippen LogP contribution in [0, 0.1) is 11.8 Å². The second-order valence-electron chi connectivity index (χ2n) is 5.82. The molecule has 6 heteroatoms. The van der Waals surface area contributed by atoms with Crippen molar-refractivity contribution in [3.8, 4) is 0 Å². The number of carboxylic acid groups (broad SMARTS) is 1. The molecule has 0 saturated heterocycles. The van der Waals surface area contributed by atoms with Crippen LogP contribution in [-0.4, -0.2) is 29.1 Å². The van der Waals surface area contributed by atoms with Crippen LogP contribution in [0.2, 0.25) is 0 Å². The third-order valence-corrected chi connectivity index (χ3v) is 3.85. The molecule has 3 N–H and O–H groups in total. The molecular weight excluding hydrogens is 260 g/mol. The van der Waals surface area contributed by atoms with E-state index < -0.39 is 12.0 Å². The highest BCUT2D eigenvalue weighted by molar-refractivity contribution is 5.94. The smallest absolute Gasteiger partial charge is 0.321 e. The largest absolute Gasteiger partial charge is 0.481 e. The molecule has 0 aromatic rings. The van der Waals surface area contributed by atoms with Gasteiger partial charge in [0.15, 0.2) is 0 Å². The van der Waals surface area contributed by atoms with Crippen molar-refractivity contribution in [2.24, 2.45) is 11.8 Å². The molecule has 2 aliphatic carbocycles. The van der Waals surface area contributed by atoms with Gasteiger partial charge in [-0.15, -0.1) is 0 Å². The fourth-order valence-electron chi connectivity index (χ4n) is 2.47. The van der Waals surface area contributed by atoms with Gasteiger partial charge in [-0.2, -0.15) is 0 Å². The highest BCUT2D eigenvalue weighted by Gasteiger charge is 2.42. The topological polar surface area (TPSA) is 95.5 Å². The van der Waals surface area contributed by atoms with Gasteiger partial charge < -0.3 is 10.4 Å². The zero-order valence-electron chi connectivity index (χ0n) is 11.6. The average molecular weight is 282 g/mol. The van der Waals surface area contributed by atoms with Crippen LogP contribution in [-0.2, 0) is 9.59 Å². The Labute approximate surface area is 118 Å². The van der Waals surface area contributed by atoms with Crippen molar-refractivity contribution in [3.63, 3.8) is 0 Å². The van der Waals surface area contributed by atoms with Gasteiger partial charge in [-0.25, -0.2) is 4.79 Å². The van der Waals surface area contributed by atoms with E-state index in [9.17, 15) is 14.4 Å². The van der Waals surface area contributed by atoms with Crippen LogP contribution in [0.3, 0.4) is 0 Å². The predicted molar refractivity (Wildman–Crippen MR) is 72.0 cm³/mol. The molecule has 0 spiro atoms. The monoisotopic (exact) mass is 282 g/mol. The molecule has 2 saturated carbocycles.